The lowest BCUT2D eigenvalue weighted by molar-refractivity contribution is -0.138. The van der Waals surface area contributed by atoms with Gasteiger partial charge in [0.1, 0.15) is 5.75 Å². The molecule has 0 spiro atoms. The fraction of sp³-hybridized carbons (Fsp3) is 0.214. The second-order valence-corrected chi connectivity index (χ2v) is 4.76. The van der Waals surface area contributed by atoms with Crippen molar-refractivity contribution in [3.8, 4) is 11.6 Å². The molecule has 0 amide bonds. The Morgan fingerprint density at radius 1 is 1.25 bits per heavy atom. The highest BCUT2D eigenvalue weighted by Crippen LogP contribution is 2.38. The molecule has 0 radical (unpaired) electrons. The van der Waals surface area contributed by atoms with Crippen LogP contribution in [0, 0.1) is 6.92 Å². The number of hydrogen-bond donors (Lipinski definition) is 0. The molecule has 1 heterocycles. The van der Waals surface area contributed by atoms with Crippen LogP contribution in [0.25, 0.3) is 0 Å². The first-order chi connectivity index (χ1) is 9.41. The first kappa shape index (κ1) is 14.8. The number of rotatable bonds is 3. The molecule has 0 unspecified atom stereocenters. The minimum Gasteiger partial charge on any atom is -0.438 e. The Hall–Kier alpha value is -1.56. The molecule has 0 N–H and O–H groups in total. The van der Waals surface area contributed by atoms with E-state index in [-0.39, 0.29) is 11.6 Å². The Morgan fingerprint density at radius 3 is 2.55 bits per heavy atom. The molecule has 0 aliphatic heterocycles. The number of aromatic nitrogens is 1. The van der Waals surface area contributed by atoms with E-state index in [1.807, 2.05) is 6.07 Å². The number of hydrogen-bond acceptors (Lipinski definition) is 2. The molecule has 2 aromatic rings. The van der Waals surface area contributed by atoms with Crippen molar-refractivity contribution >= 4 is 15.9 Å². The zero-order chi connectivity index (χ0) is 14.8. The molecular weight excluding hydrogens is 335 g/mol. The molecule has 0 aliphatic rings. The van der Waals surface area contributed by atoms with Crippen molar-refractivity contribution in [2.75, 3.05) is 0 Å². The van der Waals surface area contributed by atoms with E-state index >= 15 is 0 Å². The lowest BCUT2D eigenvalue weighted by atomic mass is 10.2. The molecule has 6 heteroatoms. The number of pyridine rings is 1. The van der Waals surface area contributed by atoms with E-state index in [1.54, 1.807) is 13.1 Å². The Kier molecular flexibility index (Phi) is 4.32. The van der Waals surface area contributed by atoms with E-state index in [1.165, 1.54) is 18.2 Å². The van der Waals surface area contributed by atoms with Crippen LogP contribution in [0.15, 0.2) is 36.5 Å². The summed E-state index contributed by atoms with van der Waals surface area (Å²) >= 11 is 3.29. The molecule has 0 fully saturated rings. The van der Waals surface area contributed by atoms with E-state index in [0.29, 0.717) is 10.9 Å². The largest absolute Gasteiger partial charge is 0.438 e. The predicted molar refractivity (Wildman–Crippen MR) is 73.1 cm³/mol. The van der Waals surface area contributed by atoms with E-state index in [9.17, 15) is 13.2 Å². The van der Waals surface area contributed by atoms with Crippen molar-refractivity contribution in [2.45, 2.75) is 18.4 Å². The van der Waals surface area contributed by atoms with Crippen molar-refractivity contribution in [2.24, 2.45) is 0 Å². The lowest BCUT2D eigenvalue weighted by Gasteiger charge is -2.14. The summed E-state index contributed by atoms with van der Waals surface area (Å²) in [5.74, 6) is -0.0754. The number of halogens is 4. The van der Waals surface area contributed by atoms with E-state index in [0.717, 1.165) is 11.6 Å². The Bertz CT molecular complexity index is 614. The third-order valence-corrected chi connectivity index (χ3v) is 3.29. The predicted octanol–water partition coefficient (Wildman–Crippen LogP) is 5.10. The maximum absolute atomic E-state index is 12.9. The fourth-order valence-electron chi connectivity index (χ4n) is 1.69. The first-order valence-corrected chi connectivity index (χ1v) is 6.89. The minimum atomic E-state index is -4.46. The summed E-state index contributed by atoms with van der Waals surface area (Å²) in [5, 5.41) is 0.625. The quantitative estimate of drug-likeness (QED) is 0.722. The van der Waals surface area contributed by atoms with E-state index in [2.05, 4.69) is 20.9 Å². The van der Waals surface area contributed by atoms with Gasteiger partial charge >= 0.3 is 6.18 Å². The zero-order valence-electron chi connectivity index (χ0n) is 10.5. The Balaban J connectivity index is 2.36. The smallest absolute Gasteiger partial charge is 0.419 e. The van der Waals surface area contributed by atoms with Crippen LogP contribution >= 0.6 is 15.9 Å². The average Bonchev–Trinajstić information content (AvgIpc) is 2.40. The van der Waals surface area contributed by atoms with Crippen LogP contribution in [-0.4, -0.2) is 4.98 Å². The van der Waals surface area contributed by atoms with Gasteiger partial charge in [-0.05, 0) is 30.7 Å². The maximum Gasteiger partial charge on any atom is 0.419 e. The van der Waals surface area contributed by atoms with Gasteiger partial charge in [0.2, 0.25) is 5.88 Å². The van der Waals surface area contributed by atoms with Crippen LogP contribution in [0.1, 0.15) is 16.7 Å². The van der Waals surface area contributed by atoms with Gasteiger partial charge in [0.25, 0.3) is 0 Å². The molecule has 0 atom stereocenters. The second kappa shape index (κ2) is 5.83. The number of nitrogens with zero attached hydrogens (tertiary/aromatic N) is 1. The summed E-state index contributed by atoms with van der Waals surface area (Å²) in [5.41, 5.74) is 0.795. The van der Waals surface area contributed by atoms with Crippen molar-refractivity contribution in [3.05, 3.63) is 53.2 Å². The van der Waals surface area contributed by atoms with Crippen molar-refractivity contribution in [1.29, 1.82) is 0 Å². The third kappa shape index (κ3) is 3.30. The first-order valence-electron chi connectivity index (χ1n) is 5.77. The summed E-state index contributed by atoms with van der Waals surface area (Å²) in [4.78, 5) is 4.05. The summed E-state index contributed by atoms with van der Waals surface area (Å²) in [6.45, 7) is 1.74. The van der Waals surface area contributed by atoms with Gasteiger partial charge < -0.3 is 4.74 Å². The number of benzene rings is 1. The molecule has 0 saturated heterocycles. The van der Waals surface area contributed by atoms with Crippen molar-refractivity contribution in [3.63, 3.8) is 0 Å². The molecule has 1 aromatic carbocycles. The molecule has 106 valence electrons. The average molecular weight is 346 g/mol. The number of alkyl halides is 4. The van der Waals surface area contributed by atoms with Gasteiger partial charge in [-0.1, -0.05) is 28.1 Å². The van der Waals surface area contributed by atoms with Crippen LogP contribution in [0.3, 0.4) is 0 Å². The molecule has 2 rings (SSSR count). The summed E-state index contributed by atoms with van der Waals surface area (Å²) in [6, 6.07) is 6.89. The highest BCUT2D eigenvalue weighted by atomic mass is 79.9. The van der Waals surface area contributed by atoms with E-state index in [4.69, 9.17) is 4.74 Å². The highest BCUT2D eigenvalue weighted by Gasteiger charge is 2.34. The van der Waals surface area contributed by atoms with Gasteiger partial charge in [-0.3, -0.25) is 0 Å². The molecule has 0 saturated carbocycles. The summed E-state index contributed by atoms with van der Waals surface area (Å²) in [7, 11) is 0. The van der Waals surface area contributed by atoms with Crippen molar-refractivity contribution in [1.82, 2.24) is 4.98 Å². The van der Waals surface area contributed by atoms with Crippen LogP contribution in [0.4, 0.5) is 13.2 Å². The normalized spacial score (nSPS) is 11.4. The molecular formula is C14H11BrF3NO. The monoisotopic (exact) mass is 345 g/mol. The van der Waals surface area contributed by atoms with Gasteiger partial charge in [-0.15, -0.1) is 0 Å². The number of aryl methyl sites for hydroxylation is 1. The molecule has 0 aliphatic carbocycles. The van der Waals surface area contributed by atoms with Crippen LogP contribution in [0.2, 0.25) is 0 Å². The molecule has 2 nitrogen and oxygen atoms in total. The molecule has 0 bridgehead atoms. The second-order valence-electron chi connectivity index (χ2n) is 4.20. The minimum absolute atomic E-state index is 0.173. The van der Waals surface area contributed by atoms with Crippen LogP contribution < -0.4 is 4.74 Å². The number of para-hydroxylation sites is 1. The van der Waals surface area contributed by atoms with Gasteiger partial charge in [-0.2, -0.15) is 13.2 Å². The van der Waals surface area contributed by atoms with Crippen molar-refractivity contribution < 1.29 is 17.9 Å². The van der Waals surface area contributed by atoms with Crippen LogP contribution in [-0.2, 0) is 11.5 Å². The zero-order valence-corrected chi connectivity index (χ0v) is 12.1. The molecule has 20 heavy (non-hydrogen) atoms. The SMILES string of the molecule is Cc1cc(CBr)cnc1Oc1ccccc1C(F)(F)F. The van der Waals surface area contributed by atoms with Gasteiger partial charge in [-0.25, -0.2) is 4.98 Å². The number of ether oxygens (including phenoxy) is 1. The topological polar surface area (TPSA) is 22.1 Å². The van der Waals surface area contributed by atoms with Crippen LogP contribution in [0.5, 0.6) is 11.6 Å². The Morgan fingerprint density at radius 2 is 1.95 bits per heavy atom. The third-order valence-electron chi connectivity index (χ3n) is 2.64. The summed E-state index contributed by atoms with van der Waals surface area (Å²) in [6.07, 6.45) is -2.90. The summed E-state index contributed by atoms with van der Waals surface area (Å²) < 4.78 is 43.9. The maximum atomic E-state index is 12.9. The van der Waals surface area contributed by atoms with E-state index < -0.39 is 11.7 Å². The van der Waals surface area contributed by atoms with Gasteiger partial charge in [0.15, 0.2) is 0 Å². The lowest BCUT2D eigenvalue weighted by Crippen LogP contribution is -2.07. The fourth-order valence-corrected chi connectivity index (χ4v) is 2.00. The van der Waals surface area contributed by atoms with Gasteiger partial charge in [0, 0.05) is 17.1 Å². The highest BCUT2D eigenvalue weighted by molar-refractivity contribution is 9.08. The Labute approximate surface area is 122 Å². The molecule has 1 aromatic heterocycles. The standard InChI is InChI=1S/C14H11BrF3NO/c1-9-6-10(7-15)8-19-13(9)20-12-5-3-2-4-11(12)14(16,17)18/h2-6,8H,7H2,1H3. The van der Waals surface area contributed by atoms with Gasteiger partial charge in [0.05, 0.1) is 5.56 Å².